The minimum Gasteiger partial charge on any atom is -0.383 e. The number of pyridine rings is 1. The van der Waals surface area contributed by atoms with Crippen molar-refractivity contribution in [2.75, 3.05) is 38.5 Å². The van der Waals surface area contributed by atoms with Gasteiger partial charge in [0.25, 0.3) is 0 Å². The summed E-state index contributed by atoms with van der Waals surface area (Å²) in [5.41, 5.74) is 7.38. The van der Waals surface area contributed by atoms with Crippen molar-refractivity contribution in [1.29, 1.82) is 0 Å². The number of carbonyl (C=O) groups excluding carboxylic acids is 1. The number of Topliss-reactive ketones (excluding diaryl/α,β-unsaturated/α-hetero) is 1. The molecule has 3 aliphatic heterocycles. The first kappa shape index (κ1) is 11.6. The molecule has 1 aromatic heterocycles. The molecular weight excluding hydrogens is 228 g/mol. The molecule has 18 heavy (non-hydrogen) atoms. The zero-order chi connectivity index (χ0) is 12.7. The first-order valence-corrected chi connectivity index (χ1v) is 6.38. The van der Waals surface area contributed by atoms with Crippen LogP contribution >= 0.6 is 0 Å². The molecular formula is C13H18N4O. The molecule has 5 heteroatoms. The number of aromatic nitrogens is 1. The molecule has 0 spiro atoms. The highest BCUT2D eigenvalue weighted by Gasteiger charge is 2.37. The molecule has 1 unspecified atom stereocenters. The SMILES string of the molecule is Cc1cnc(N)c(C(=O)C2CN3CCN2CC3)c1. The molecule has 4 rings (SSSR count). The number of nitrogens with zero attached hydrogens (tertiary/aromatic N) is 3. The molecule has 0 amide bonds. The molecule has 0 radical (unpaired) electrons. The Balaban J connectivity index is 1.88. The molecule has 3 aliphatic rings. The predicted molar refractivity (Wildman–Crippen MR) is 69.5 cm³/mol. The number of rotatable bonds is 2. The summed E-state index contributed by atoms with van der Waals surface area (Å²) in [6.07, 6.45) is 1.70. The monoisotopic (exact) mass is 246 g/mol. The Hall–Kier alpha value is -1.46. The van der Waals surface area contributed by atoms with E-state index in [1.54, 1.807) is 6.20 Å². The van der Waals surface area contributed by atoms with Gasteiger partial charge in [-0.15, -0.1) is 0 Å². The van der Waals surface area contributed by atoms with Crippen LogP contribution in [0.25, 0.3) is 0 Å². The van der Waals surface area contributed by atoms with Gasteiger partial charge < -0.3 is 5.73 Å². The smallest absolute Gasteiger partial charge is 0.184 e. The van der Waals surface area contributed by atoms with Gasteiger partial charge in [0, 0.05) is 38.9 Å². The zero-order valence-electron chi connectivity index (χ0n) is 10.6. The zero-order valence-corrected chi connectivity index (χ0v) is 10.6. The summed E-state index contributed by atoms with van der Waals surface area (Å²) >= 11 is 0. The molecule has 1 atom stereocenters. The third kappa shape index (κ3) is 1.89. The van der Waals surface area contributed by atoms with Gasteiger partial charge in [0.1, 0.15) is 5.82 Å². The highest BCUT2D eigenvalue weighted by Crippen LogP contribution is 2.21. The minimum absolute atomic E-state index is 0.0431. The van der Waals surface area contributed by atoms with E-state index in [0.717, 1.165) is 38.3 Å². The highest BCUT2D eigenvalue weighted by molar-refractivity contribution is 6.04. The Labute approximate surface area is 107 Å². The summed E-state index contributed by atoms with van der Waals surface area (Å²) in [6.45, 7) is 6.87. The lowest BCUT2D eigenvalue weighted by Crippen LogP contribution is -2.63. The fourth-order valence-corrected chi connectivity index (χ4v) is 2.82. The summed E-state index contributed by atoms with van der Waals surface area (Å²) in [4.78, 5) is 21.3. The average molecular weight is 246 g/mol. The standard InChI is InChI=1S/C13H18N4O/c1-9-6-10(13(14)15-7-9)12(18)11-8-16-2-4-17(11)5-3-16/h6-7,11H,2-5,8H2,1H3,(H2,14,15). The largest absolute Gasteiger partial charge is 0.383 e. The number of hydrogen-bond acceptors (Lipinski definition) is 5. The molecule has 96 valence electrons. The van der Waals surface area contributed by atoms with Gasteiger partial charge in [-0.3, -0.25) is 14.6 Å². The second-order valence-electron chi connectivity index (χ2n) is 5.16. The summed E-state index contributed by atoms with van der Waals surface area (Å²) in [5, 5.41) is 0. The number of anilines is 1. The van der Waals surface area contributed by atoms with Crippen LogP contribution in [0.2, 0.25) is 0 Å². The van der Waals surface area contributed by atoms with Gasteiger partial charge in [0.2, 0.25) is 0 Å². The van der Waals surface area contributed by atoms with Crippen LogP contribution in [0.3, 0.4) is 0 Å². The lowest BCUT2D eigenvalue weighted by molar-refractivity contribution is 0.0159. The van der Waals surface area contributed by atoms with E-state index in [1.165, 1.54) is 0 Å². The van der Waals surface area contributed by atoms with Gasteiger partial charge in [-0.25, -0.2) is 4.98 Å². The van der Waals surface area contributed by atoms with E-state index >= 15 is 0 Å². The Kier molecular flexibility index (Phi) is 2.80. The van der Waals surface area contributed by atoms with Gasteiger partial charge in [0.15, 0.2) is 5.78 Å². The molecule has 0 saturated carbocycles. The maximum Gasteiger partial charge on any atom is 0.184 e. The fourth-order valence-electron chi connectivity index (χ4n) is 2.82. The van der Waals surface area contributed by atoms with Crippen LogP contribution in [0.5, 0.6) is 0 Å². The van der Waals surface area contributed by atoms with Gasteiger partial charge in [-0.05, 0) is 18.6 Å². The Morgan fingerprint density at radius 2 is 2.11 bits per heavy atom. The van der Waals surface area contributed by atoms with Crippen molar-refractivity contribution in [1.82, 2.24) is 14.8 Å². The number of nitrogens with two attached hydrogens (primary N) is 1. The maximum absolute atomic E-state index is 12.6. The van der Waals surface area contributed by atoms with E-state index < -0.39 is 0 Å². The maximum atomic E-state index is 12.6. The van der Waals surface area contributed by atoms with E-state index in [0.29, 0.717) is 11.4 Å². The highest BCUT2D eigenvalue weighted by atomic mass is 16.1. The molecule has 1 aromatic rings. The number of nitrogen functional groups attached to an aromatic ring is 1. The van der Waals surface area contributed by atoms with E-state index in [4.69, 9.17) is 5.73 Å². The van der Waals surface area contributed by atoms with Crippen LogP contribution in [0.4, 0.5) is 5.82 Å². The second kappa shape index (κ2) is 4.33. The van der Waals surface area contributed by atoms with Crippen LogP contribution in [0.15, 0.2) is 12.3 Å². The first-order chi connectivity index (χ1) is 8.65. The molecule has 3 fully saturated rings. The van der Waals surface area contributed by atoms with Gasteiger partial charge in [-0.1, -0.05) is 0 Å². The number of aryl methyl sites for hydroxylation is 1. The Bertz CT molecular complexity index is 480. The van der Waals surface area contributed by atoms with E-state index in [2.05, 4.69) is 14.8 Å². The van der Waals surface area contributed by atoms with Gasteiger partial charge in [0.05, 0.1) is 11.6 Å². The third-order valence-electron chi connectivity index (χ3n) is 3.90. The average Bonchev–Trinajstić information content (AvgIpc) is 2.42. The molecule has 0 aromatic carbocycles. The van der Waals surface area contributed by atoms with Crippen molar-refractivity contribution in [2.24, 2.45) is 0 Å². The summed E-state index contributed by atoms with van der Waals surface area (Å²) in [5.74, 6) is 0.469. The van der Waals surface area contributed by atoms with Crippen LogP contribution in [0.1, 0.15) is 15.9 Å². The van der Waals surface area contributed by atoms with E-state index in [-0.39, 0.29) is 11.8 Å². The Morgan fingerprint density at radius 1 is 1.39 bits per heavy atom. The van der Waals surface area contributed by atoms with E-state index in [1.807, 2.05) is 13.0 Å². The number of ketones is 1. The predicted octanol–water partition coefficient (Wildman–Crippen LogP) is 0.155. The van der Waals surface area contributed by atoms with Crippen LogP contribution in [0, 0.1) is 6.92 Å². The fraction of sp³-hybridized carbons (Fsp3) is 0.538. The van der Waals surface area contributed by atoms with Crippen LogP contribution in [-0.2, 0) is 0 Å². The van der Waals surface area contributed by atoms with Crippen molar-refractivity contribution < 1.29 is 4.79 Å². The summed E-state index contributed by atoms with van der Waals surface area (Å²) in [6, 6.07) is 1.81. The molecule has 0 aliphatic carbocycles. The molecule has 3 saturated heterocycles. The number of piperazine rings is 3. The van der Waals surface area contributed by atoms with Gasteiger partial charge in [-0.2, -0.15) is 0 Å². The third-order valence-corrected chi connectivity index (χ3v) is 3.90. The van der Waals surface area contributed by atoms with Crippen LogP contribution < -0.4 is 5.73 Å². The molecule has 4 heterocycles. The molecule has 5 nitrogen and oxygen atoms in total. The molecule has 2 bridgehead atoms. The van der Waals surface area contributed by atoms with Crippen molar-refractivity contribution in [3.8, 4) is 0 Å². The quantitative estimate of drug-likeness (QED) is 0.753. The minimum atomic E-state index is -0.0431. The number of carbonyl (C=O) groups is 1. The van der Waals surface area contributed by atoms with Crippen molar-refractivity contribution in [3.05, 3.63) is 23.4 Å². The van der Waals surface area contributed by atoms with Gasteiger partial charge >= 0.3 is 0 Å². The summed E-state index contributed by atoms with van der Waals surface area (Å²) in [7, 11) is 0. The van der Waals surface area contributed by atoms with E-state index in [9.17, 15) is 4.79 Å². The van der Waals surface area contributed by atoms with Crippen molar-refractivity contribution in [3.63, 3.8) is 0 Å². The normalized spacial score (nSPS) is 30.4. The number of fused-ring (bicyclic) bond motifs is 3. The lowest BCUT2D eigenvalue weighted by Gasteiger charge is -2.46. The first-order valence-electron chi connectivity index (χ1n) is 6.38. The Morgan fingerprint density at radius 3 is 2.72 bits per heavy atom. The summed E-state index contributed by atoms with van der Waals surface area (Å²) < 4.78 is 0. The topological polar surface area (TPSA) is 62.5 Å². The molecule has 2 N–H and O–H groups in total. The number of hydrogen-bond donors (Lipinski definition) is 1. The van der Waals surface area contributed by atoms with Crippen molar-refractivity contribution in [2.45, 2.75) is 13.0 Å². The lowest BCUT2D eigenvalue weighted by atomic mass is 9.98. The second-order valence-corrected chi connectivity index (χ2v) is 5.16. The van der Waals surface area contributed by atoms with Crippen LogP contribution in [-0.4, -0.2) is 59.3 Å². The van der Waals surface area contributed by atoms with Crippen molar-refractivity contribution >= 4 is 11.6 Å².